The number of aryl methyl sites for hydroxylation is 1. The minimum absolute atomic E-state index is 0.0173. The van der Waals surface area contributed by atoms with Crippen LogP contribution in [-0.2, 0) is 11.8 Å². The lowest BCUT2D eigenvalue weighted by molar-refractivity contribution is -0.170. The first-order valence-electron chi connectivity index (χ1n) is 6.37. The summed E-state index contributed by atoms with van der Waals surface area (Å²) >= 11 is 0. The van der Waals surface area contributed by atoms with Gasteiger partial charge in [-0.15, -0.1) is 0 Å². The van der Waals surface area contributed by atoms with Crippen molar-refractivity contribution in [3.8, 4) is 0 Å². The van der Waals surface area contributed by atoms with E-state index in [-0.39, 0.29) is 24.1 Å². The van der Waals surface area contributed by atoms with Gasteiger partial charge in [-0.3, -0.25) is 0 Å². The first-order valence-corrected chi connectivity index (χ1v) is 6.37. The van der Waals surface area contributed by atoms with Crippen LogP contribution in [-0.4, -0.2) is 6.18 Å². The molecule has 0 spiro atoms. The fourth-order valence-electron chi connectivity index (χ4n) is 1.77. The summed E-state index contributed by atoms with van der Waals surface area (Å²) in [5.74, 6) is -1.75. The summed E-state index contributed by atoms with van der Waals surface area (Å²) in [7, 11) is 0. The molecule has 0 aliphatic carbocycles. The van der Waals surface area contributed by atoms with Crippen molar-refractivity contribution in [3.63, 3.8) is 0 Å². The van der Waals surface area contributed by atoms with Crippen molar-refractivity contribution in [1.82, 2.24) is 0 Å². The summed E-state index contributed by atoms with van der Waals surface area (Å²) in [6.07, 6.45) is -3.96. The topological polar surface area (TPSA) is 0 Å². The lowest BCUT2D eigenvalue weighted by Gasteiger charge is -2.21. The Kier molecular flexibility index (Phi) is 4.64. The smallest absolute Gasteiger partial charge is 0.207 e. The van der Waals surface area contributed by atoms with Gasteiger partial charge in [0.2, 0.25) is 0 Å². The first-order chi connectivity index (χ1) is 8.50. The number of hydrogen-bond donors (Lipinski definition) is 0. The van der Waals surface area contributed by atoms with Crippen molar-refractivity contribution < 1.29 is 17.6 Å². The van der Waals surface area contributed by atoms with Crippen LogP contribution in [0.4, 0.5) is 17.6 Å². The molecule has 0 aliphatic heterocycles. The van der Waals surface area contributed by atoms with Crippen LogP contribution < -0.4 is 0 Å². The maximum absolute atomic E-state index is 13.5. The molecule has 0 aliphatic rings. The molecule has 0 aromatic heterocycles. The highest BCUT2D eigenvalue weighted by Crippen LogP contribution is 2.30. The second-order valence-corrected chi connectivity index (χ2v) is 6.08. The van der Waals surface area contributed by atoms with Crippen molar-refractivity contribution in [3.05, 3.63) is 35.1 Å². The Balaban J connectivity index is 2.83. The molecular formula is C15H20F4. The maximum Gasteiger partial charge on any atom is 0.391 e. The van der Waals surface area contributed by atoms with E-state index in [1.165, 1.54) is 12.1 Å². The molecule has 19 heavy (non-hydrogen) atoms. The normalized spacial score (nSPS) is 14.5. The zero-order valence-corrected chi connectivity index (χ0v) is 11.7. The van der Waals surface area contributed by atoms with Crippen molar-refractivity contribution in [2.75, 3.05) is 0 Å². The Bertz CT molecular complexity index is 427. The number of benzene rings is 1. The lowest BCUT2D eigenvalue weighted by atomic mass is 9.85. The van der Waals surface area contributed by atoms with Crippen molar-refractivity contribution >= 4 is 0 Å². The molecule has 0 bridgehead atoms. The van der Waals surface area contributed by atoms with Crippen molar-refractivity contribution in [2.45, 2.75) is 52.1 Å². The average molecular weight is 276 g/mol. The zero-order chi connectivity index (χ0) is 14.8. The SMILES string of the molecule is CC(CCc1cc(F)cc(C(C)(C)C)c1)C(F)(F)F. The zero-order valence-electron chi connectivity index (χ0n) is 11.7. The van der Waals surface area contributed by atoms with Crippen LogP contribution in [0.3, 0.4) is 0 Å². The molecule has 1 atom stereocenters. The number of rotatable bonds is 3. The van der Waals surface area contributed by atoms with Crippen LogP contribution >= 0.6 is 0 Å². The highest BCUT2D eigenvalue weighted by Gasteiger charge is 2.35. The minimum atomic E-state index is -4.18. The standard InChI is InChI=1S/C15H20F4/c1-10(15(17,18)19)5-6-11-7-12(14(2,3)4)9-13(16)8-11/h7-10H,5-6H2,1-4H3. The predicted octanol–water partition coefficient (Wildman–Crippen LogP) is 5.25. The van der Waals surface area contributed by atoms with E-state index in [1.54, 1.807) is 6.07 Å². The fraction of sp³-hybridized carbons (Fsp3) is 0.600. The Labute approximate surface area is 111 Å². The Morgan fingerprint density at radius 2 is 1.63 bits per heavy atom. The molecule has 108 valence electrons. The van der Waals surface area contributed by atoms with Crippen molar-refractivity contribution in [2.24, 2.45) is 5.92 Å². The van der Waals surface area contributed by atoms with E-state index in [2.05, 4.69) is 0 Å². The van der Waals surface area contributed by atoms with Gasteiger partial charge in [0.25, 0.3) is 0 Å². The van der Waals surface area contributed by atoms with Gasteiger partial charge in [0.05, 0.1) is 5.92 Å². The van der Waals surface area contributed by atoms with Gasteiger partial charge in [-0.25, -0.2) is 4.39 Å². The molecule has 0 heterocycles. The highest BCUT2D eigenvalue weighted by molar-refractivity contribution is 5.29. The van der Waals surface area contributed by atoms with E-state index >= 15 is 0 Å². The van der Waals surface area contributed by atoms with Crippen LogP contribution in [0.25, 0.3) is 0 Å². The molecule has 4 heteroatoms. The second kappa shape index (κ2) is 5.51. The molecule has 1 rings (SSSR count). The van der Waals surface area contributed by atoms with Gasteiger partial charge < -0.3 is 0 Å². The first kappa shape index (κ1) is 16.0. The summed E-state index contributed by atoms with van der Waals surface area (Å²) in [6, 6.07) is 4.56. The molecule has 0 nitrogen and oxygen atoms in total. The highest BCUT2D eigenvalue weighted by atomic mass is 19.4. The molecule has 0 saturated carbocycles. The van der Waals surface area contributed by atoms with Gasteiger partial charge in [-0.1, -0.05) is 33.8 Å². The number of alkyl halides is 3. The molecule has 1 aromatic rings. The van der Waals surface area contributed by atoms with E-state index in [0.29, 0.717) is 5.56 Å². The van der Waals surface area contributed by atoms with Gasteiger partial charge >= 0.3 is 6.18 Å². The molecule has 0 N–H and O–H groups in total. The monoisotopic (exact) mass is 276 g/mol. The van der Waals surface area contributed by atoms with Gasteiger partial charge in [0, 0.05) is 0 Å². The van der Waals surface area contributed by atoms with E-state index in [0.717, 1.165) is 12.5 Å². The van der Waals surface area contributed by atoms with E-state index in [9.17, 15) is 17.6 Å². The summed E-state index contributed by atoms with van der Waals surface area (Å²) in [4.78, 5) is 0. The van der Waals surface area contributed by atoms with Crippen LogP contribution in [0.2, 0.25) is 0 Å². The van der Waals surface area contributed by atoms with Gasteiger partial charge in [0.1, 0.15) is 5.82 Å². The van der Waals surface area contributed by atoms with E-state index in [1.807, 2.05) is 20.8 Å². The second-order valence-electron chi connectivity index (χ2n) is 6.08. The van der Waals surface area contributed by atoms with Gasteiger partial charge in [0.15, 0.2) is 0 Å². The Morgan fingerprint density at radius 1 is 1.05 bits per heavy atom. The number of hydrogen-bond acceptors (Lipinski definition) is 0. The molecule has 0 amide bonds. The predicted molar refractivity (Wildman–Crippen MR) is 68.6 cm³/mol. The third-order valence-corrected chi connectivity index (χ3v) is 3.25. The minimum Gasteiger partial charge on any atom is -0.207 e. The molecule has 0 saturated heterocycles. The lowest BCUT2D eigenvalue weighted by Crippen LogP contribution is -2.20. The number of halogens is 4. The molecular weight excluding hydrogens is 256 g/mol. The summed E-state index contributed by atoms with van der Waals surface area (Å²) in [6.45, 7) is 7.00. The molecule has 1 unspecified atom stereocenters. The molecule has 0 radical (unpaired) electrons. The van der Waals surface area contributed by atoms with E-state index in [4.69, 9.17) is 0 Å². The molecule has 1 aromatic carbocycles. The van der Waals surface area contributed by atoms with Gasteiger partial charge in [-0.05, 0) is 41.5 Å². The summed E-state index contributed by atoms with van der Waals surface area (Å²) < 4.78 is 50.8. The largest absolute Gasteiger partial charge is 0.391 e. The third kappa shape index (κ3) is 4.84. The van der Waals surface area contributed by atoms with Crippen LogP contribution in [0.15, 0.2) is 18.2 Å². The Hall–Kier alpha value is -1.06. The van der Waals surface area contributed by atoms with Crippen LogP contribution in [0.1, 0.15) is 45.2 Å². The quantitative estimate of drug-likeness (QED) is 0.661. The van der Waals surface area contributed by atoms with Crippen LogP contribution in [0, 0.1) is 11.7 Å². The van der Waals surface area contributed by atoms with Crippen LogP contribution in [0.5, 0.6) is 0 Å². The van der Waals surface area contributed by atoms with Crippen molar-refractivity contribution in [1.29, 1.82) is 0 Å². The average Bonchev–Trinajstić information content (AvgIpc) is 2.22. The third-order valence-electron chi connectivity index (χ3n) is 3.25. The maximum atomic E-state index is 13.5. The summed E-state index contributed by atoms with van der Waals surface area (Å²) in [5, 5.41) is 0. The van der Waals surface area contributed by atoms with E-state index < -0.39 is 12.1 Å². The Morgan fingerprint density at radius 3 is 2.11 bits per heavy atom. The summed E-state index contributed by atoms with van der Waals surface area (Å²) in [5.41, 5.74) is 1.22. The fourth-order valence-corrected chi connectivity index (χ4v) is 1.77. The van der Waals surface area contributed by atoms with Gasteiger partial charge in [-0.2, -0.15) is 13.2 Å². The molecule has 0 fully saturated rings.